The lowest BCUT2D eigenvalue weighted by Crippen LogP contribution is -2.52. The second-order valence-corrected chi connectivity index (χ2v) is 7.60. The molecule has 28 heavy (non-hydrogen) atoms. The molecule has 7 nitrogen and oxygen atoms in total. The molecule has 1 fully saturated rings. The number of hydrazine groups is 1. The van der Waals surface area contributed by atoms with Gasteiger partial charge in [0.05, 0.1) is 27.8 Å². The lowest BCUT2D eigenvalue weighted by molar-refractivity contribution is -0.121. The molecule has 0 aromatic heterocycles. The number of ether oxygens (including phenoxy) is 3. The van der Waals surface area contributed by atoms with E-state index in [1.807, 2.05) is 0 Å². The Hall–Kier alpha value is -2.22. The number of methoxy groups -OCH3 is 3. The highest BCUT2D eigenvalue weighted by Crippen LogP contribution is 2.39. The molecule has 3 N–H and O–H groups in total. The monoisotopic (exact) mass is 409 g/mol. The van der Waals surface area contributed by atoms with E-state index in [1.165, 1.54) is 27.1 Å². The molecule has 1 aromatic carbocycles. The average Bonchev–Trinajstić information content (AvgIpc) is 2.69. The van der Waals surface area contributed by atoms with Gasteiger partial charge in [0.25, 0.3) is 0 Å². The predicted octanol–water partition coefficient (Wildman–Crippen LogP) is 2.57. The van der Waals surface area contributed by atoms with Crippen LogP contribution in [-0.2, 0) is 11.2 Å². The fourth-order valence-electron chi connectivity index (χ4n) is 3.64. The Bertz CT molecular complexity index is 698. The molecule has 2 rings (SSSR count). The van der Waals surface area contributed by atoms with Crippen LogP contribution in [0.1, 0.15) is 38.7 Å². The minimum absolute atomic E-state index is 0.107. The third-order valence-electron chi connectivity index (χ3n) is 5.48. The molecular weight excluding hydrogens is 378 g/mol. The number of hydrogen-bond acceptors (Lipinski definition) is 5. The molecule has 156 valence electrons. The normalized spacial score (nSPS) is 21.4. The van der Waals surface area contributed by atoms with Crippen molar-refractivity contribution in [3.63, 3.8) is 0 Å². The number of thiocarbonyl (C=S) groups is 1. The van der Waals surface area contributed by atoms with Gasteiger partial charge in [0, 0.05) is 11.6 Å². The van der Waals surface area contributed by atoms with Crippen molar-refractivity contribution in [2.75, 3.05) is 21.3 Å². The van der Waals surface area contributed by atoms with Crippen molar-refractivity contribution in [1.82, 2.24) is 16.2 Å². The first-order chi connectivity index (χ1) is 13.4. The Morgan fingerprint density at radius 2 is 1.79 bits per heavy atom. The Morgan fingerprint density at radius 1 is 1.07 bits per heavy atom. The number of hydrogen-bond donors (Lipinski definition) is 3. The Kier molecular flexibility index (Phi) is 8.17. The maximum Gasteiger partial charge on any atom is 0.242 e. The number of carbonyl (C=O) groups is 1. The van der Waals surface area contributed by atoms with Crippen molar-refractivity contribution >= 4 is 23.2 Å². The molecule has 0 aliphatic heterocycles. The minimum atomic E-state index is -0.236. The first kappa shape index (κ1) is 22.1. The summed E-state index contributed by atoms with van der Waals surface area (Å²) >= 11 is 5.33. The average molecular weight is 410 g/mol. The van der Waals surface area contributed by atoms with E-state index in [4.69, 9.17) is 26.4 Å². The quantitative estimate of drug-likeness (QED) is 0.492. The van der Waals surface area contributed by atoms with E-state index in [2.05, 4.69) is 30.0 Å². The van der Waals surface area contributed by atoms with Gasteiger partial charge in [0.1, 0.15) is 0 Å². The minimum Gasteiger partial charge on any atom is -0.493 e. The zero-order valence-electron chi connectivity index (χ0n) is 17.3. The highest BCUT2D eigenvalue weighted by molar-refractivity contribution is 7.80. The molecule has 0 saturated heterocycles. The first-order valence-electron chi connectivity index (χ1n) is 9.54. The van der Waals surface area contributed by atoms with Crippen LogP contribution < -0.4 is 30.4 Å². The van der Waals surface area contributed by atoms with Crippen molar-refractivity contribution in [3.8, 4) is 17.2 Å². The lowest BCUT2D eigenvalue weighted by Gasteiger charge is -2.35. The van der Waals surface area contributed by atoms with Crippen LogP contribution in [-0.4, -0.2) is 38.4 Å². The van der Waals surface area contributed by atoms with Gasteiger partial charge < -0.3 is 19.5 Å². The van der Waals surface area contributed by atoms with Gasteiger partial charge in [-0.1, -0.05) is 32.8 Å². The summed E-state index contributed by atoms with van der Waals surface area (Å²) in [5.74, 6) is 2.45. The topological polar surface area (TPSA) is 80.9 Å². The number of benzene rings is 1. The third-order valence-corrected chi connectivity index (χ3v) is 5.70. The van der Waals surface area contributed by atoms with Crippen LogP contribution in [0.4, 0.5) is 0 Å². The summed E-state index contributed by atoms with van der Waals surface area (Å²) in [5, 5.41) is 3.75. The summed E-state index contributed by atoms with van der Waals surface area (Å²) < 4.78 is 16.0. The SMILES string of the molecule is COc1ccc(CC(=O)NNC(=S)N[C@H]2CCC[C@@H](C)[C@H]2C)c(OC)c1OC. The van der Waals surface area contributed by atoms with E-state index in [9.17, 15) is 4.79 Å². The summed E-state index contributed by atoms with van der Waals surface area (Å²) in [5.41, 5.74) is 6.13. The fraction of sp³-hybridized carbons (Fsp3) is 0.600. The third kappa shape index (κ3) is 5.41. The highest BCUT2D eigenvalue weighted by atomic mass is 32.1. The van der Waals surface area contributed by atoms with Crippen LogP contribution in [0.15, 0.2) is 12.1 Å². The van der Waals surface area contributed by atoms with Crippen molar-refractivity contribution in [2.45, 2.75) is 45.6 Å². The number of amides is 1. The molecule has 1 aliphatic rings. The van der Waals surface area contributed by atoms with Gasteiger partial charge in [-0.15, -0.1) is 0 Å². The molecule has 1 aliphatic carbocycles. The van der Waals surface area contributed by atoms with Crippen LogP contribution in [0.25, 0.3) is 0 Å². The van der Waals surface area contributed by atoms with Crippen LogP contribution in [0.2, 0.25) is 0 Å². The van der Waals surface area contributed by atoms with Gasteiger partial charge in [-0.05, 0) is 36.5 Å². The van der Waals surface area contributed by atoms with E-state index in [0.717, 1.165) is 6.42 Å². The molecule has 1 saturated carbocycles. The summed E-state index contributed by atoms with van der Waals surface area (Å²) in [6.45, 7) is 4.51. The first-order valence-corrected chi connectivity index (χ1v) is 9.95. The van der Waals surface area contributed by atoms with Gasteiger partial charge in [-0.25, -0.2) is 0 Å². The summed E-state index contributed by atoms with van der Waals surface area (Å²) in [4.78, 5) is 12.4. The second kappa shape index (κ2) is 10.4. The largest absolute Gasteiger partial charge is 0.493 e. The Morgan fingerprint density at radius 3 is 2.43 bits per heavy atom. The van der Waals surface area contributed by atoms with E-state index < -0.39 is 0 Å². The molecule has 8 heteroatoms. The predicted molar refractivity (Wildman–Crippen MR) is 113 cm³/mol. The van der Waals surface area contributed by atoms with Crippen molar-refractivity contribution in [2.24, 2.45) is 11.8 Å². The summed E-state index contributed by atoms with van der Waals surface area (Å²) in [7, 11) is 4.61. The number of nitrogens with one attached hydrogen (secondary N) is 3. The number of carbonyl (C=O) groups excluding carboxylic acids is 1. The van der Waals surface area contributed by atoms with Gasteiger partial charge >= 0.3 is 0 Å². The van der Waals surface area contributed by atoms with Gasteiger partial charge in [0.15, 0.2) is 16.6 Å². The Labute approximate surface area is 172 Å². The molecule has 0 spiro atoms. The standard InChI is InChI=1S/C20H31N3O4S/c1-12-7-6-8-15(13(12)2)21-20(28)23-22-17(24)11-14-9-10-16(25-3)19(27-5)18(14)26-4/h9-10,12-13,15H,6-8,11H2,1-5H3,(H,22,24)(H2,21,23,28)/t12-,13-,15+/m1/s1. The lowest BCUT2D eigenvalue weighted by atomic mass is 9.78. The maximum atomic E-state index is 12.4. The summed E-state index contributed by atoms with van der Waals surface area (Å²) in [6, 6.07) is 3.85. The molecule has 0 bridgehead atoms. The number of rotatable bonds is 6. The van der Waals surface area contributed by atoms with Crippen LogP contribution in [0.5, 0.6) is 17.2 Å². The van der Waals surface area contributed by atoms with Gasteiger partial charge in [-0.3, -0.25) is 15.6 Å². The zero-order chi connectivity index (χ0) is 20.7. The molecule has 1 amide bonds. The van der Waals surface area contributed by atoms with Gasteiger partial charge in [0.2, 0.25) is 11.7 Å². The van der Waals surface area contributed by atoms with Crippen LogP contribution in [0, 0.1) is 11.8 Å². The van der Waals surface area contributed by atoms with Crippen molar-refractivity contribution in [3.05, 3.63) is 17.7 Å². The summed E-state index contributed by atoms with van der Waals surface area (Å²) in [6.07, 6.45) is 3.64. The molecule has 0 heterocycles. The maximum absolute atomic E-state index is 12.4. The fourth-order valence-corrected chi connectivity index (χ4v) is 3.84. The smallest absolute Gasteiger partial charge is 0.242 e. The molecule has 3 atom stereocenters. The van der Waals surface area contributed by atoms with Crippen molar-refractivity contribution in [1.29, 1.82) is 0 Å². The highest BCUT2D eigenvalue weighted by Gasteiger charge is 2.27. The van der Waals surface area contributed by atoms with Crippen molar-refractivity contribution < 1.29 is 19.0 Å². The van der Waals surface area contributed by atoms with Crippen LogP contribution >= 0.6 is 12.2 Å². The van der Waals surface area contributed by atoms with E-state index in [0.29, 0.717) is 45.8 Å². The second-order valence-electron chi connectivity index (χ2n) is 7.19. The zero-order valence-corrected chi connectivity index (χ0v) is 18.1. The van der Waals surface area contributed by atoms with Gasteiger partial charge in [-0.2, -0.15) is 0 Å². The van der Waals surface area contributed by atoms with E-state index in [-0.39, 0.29) is 12.3 Å². The molecular formula is C20H31N3O4S. The molecule has 1 aromatic rings. The van der Waals surface area contributed by atoms with Crippen LogP contribution in [0.3, 0.4) is 0 Å². The Balaban J connectivity index is 1.91. The molecule has 0 unspecified atom stereocenters. The molecule has 0 radical (unpaired) electrons. The van der Waals surface area contributed by atoms with E-state index >= 15 is 0 Å². The van der Waals surface area contributed by atoms with E-state index in [1.54, 1.807) is 19.2 Å².